The second-order valence-electron chi connectivity index (χ2n) is 18.2. The number of benzene rings is 1. The van der Waals surface area contributed by atoms with Crippen LogP contribution in [0.4, 0.5) is 8.63 Å². The molecule has 1 saturated heterocycles. The third-order valence-corrected chi connectivity index (χ3v) is 13.4. The monoisotopic (exact) mass is 981 g/mol. The van der Waals surface area contributed by atoms with Crippen molar-refractivity contribution in [2.24, 2.45) is 0 Å². The van der Waals surface area contributed by atoms with Gasteiger partial charge in [-0.25, -0.2) is 4.79 Å². The van der Waals surface area contributed by atoms with E-state index in [0.717, 1.165) is 38.4 Å². The fourth-order valence-corrected chi connectivity index (χ4v) is 9.48. The third-order valence-electron chi connectivity index (χ3n) is 11.7. The largest absolute Gasteiger partial charge is 0.737 e. The normalized spacial score (nSPS) is 16.1. The number of hydrogen-bond donors (Lipinski definition) is 3. The zero-order valence-electron chi connectivity index (χ0n) is 38.9. The van der Waals surface area contributed by atoms with E-state index in [9.17, 15) is 36.9 Å². The maximum atomic E-state index is 16.9. The molecule has 0 aliphatic carbocycles. The molecule has 0 radical (unpaired) electrons. The first-order chi connectivity index (χ1) is 32.2. The number of nitrogens with one attached hydrogen (secondary N) is 2. The lowest BCUT2D eigenvalue weighted by atomic mass is 9.88. The molecule has 3 aliphatic rings. The van der Waals surface area contributed by atoms with Crippen molar-refractivity contribution in [1.29, 1.82) is 0 Å². The minimum atomic E-state index is -4.39. The van der Waals surface area contributed by atoms with Crippen molar-refractivity contribution < 1.29 is 64.1 Å². The van der Waals surface area contributed by atoms with Gasteiger partial charge >= 0.3 is 12.9 Å². The van der Waals surface area contributed by atoms with Crippen molar-refractivity contribution in [3.63, 3.8) is 0 Å². The van der Waals surface area contributed by atoms with Crippen molar-refractivity contribution in [3.8, 4) is 5.75 Å². The maximum absolute atomic E-state index is 16.9. The van der Waals surface area contributed by atoms with Crippen LogP contribution in [0.1, 0.15) is 104 Å². The minimum Gasteiger partial charge on any atom is -0.494 e. The van der Waals surface area contributed by atoms with Gasteiger partial charge in [-0.15, -0.1) is 16.4 Å². The Balaban J connectivity index is 0.995. The highest BCUT2D eigenvalue weighted by molar-refractivity contribution is 7.85. The Kier molecular flexibility index (Phi) is 17.1. The van der Waals surface area contributed by atoms with Crippen LogP contribution in [0.25, 0.3) is 18.2 Å². The maximum Gasteiger partial charge on any atom is 0.737 e. The Morgan fingerprint density at radius 3 is 2.38 bits per heavy atom. The van der Waals surface area contributed by atoms with Gasteiger partial charge in [0.25, 0.3) is 21.9 Å². The van der Waals surface area contributed by atoms with Crippen LogP contribution in [-0.2, 0) is 38.9 Å². The van der Waals surface area contributed by atoms with Crippen molar-refractivity contribution in [3.05, 3.63) is 92.6 Å². The molecule has 4 amide bonds. The van der Waals surface area contributed by atoms with Crippen molar-refractivity contribution >= 4 is 82.0 Å². The average molecular weight is 982 g/mol. The predicted octanol–water partition coefficient (Wildman–Crippen LogP) is 6.13. The van der Waals surface area contributed by atoms with Crippen molar-refractivity contribution in [2.45, 2.75) is 90.0 Å². The van der Waals surface area contributed by atoms with E-state index in [4.69, 9.17) is 9.57 Å². The number of rotatable bonds is 25. The fourth-order valence-electron chi connectivity index (χ4n) is 8.23. The molecule has 3 N–H and O–H groups in total. The molecular weight excluding hydrogens is 921 g/mol. The molecule has 0 saturated carbocycles. The summed E-state index contributed by atoms with van der Waals surface area (Å²) >= 11 is 1.33. The Labute approximate surface area is 399 Å². The Morgan fingerprint density at radius 1 is 0.971 bits per heavy atom. The summed E-state index contributed by atoms with van der Waals surface area (Å²) in [5, 5.41) is 8.03. The first kappa shape index (κ1) is 51.6. The number of allylic oxidation sites excluding steroid dienone is 2. The molecule has 2 aromatic heterocycles. The first-order valence-electron chi connectivity index (χ1n) is 22.9. The molecule has 0 bridgehead atoms. The molecule has 16 nitrogen and oxygen atoms in total. The first-order valence-corrected chi connectivity index (χ1v) is 25.4. The molecule has 1 fully saturated rings. The number of hydroxylamine groups is 2. The minimum absolute atomic E-state index is 0.0118. The molecule has 1 atom stereocenters. The summed E-state index contributed by atoms with van der Waals surface area (Å²) in [5.74, 6) is -2.35. The number of fused-ring (bicyclic) bond motifs is 2. The van der Waals surface area contributed by atoms with Crippen LogP contribution in [-0.4, -0.2) is 126 Å². The molecule has 0 spiro atoms. The number of hydrogen-bond acceptors (Lipinski definition) is 10. The van der Waals surface area contributed by atoms with E-state index >= 15 is 8.63 Å². The number of carbonyl (C=O) groups excluding carboxylic acids is 5. The highest BCUT2D eigenvalue weighted by Gasteiger charge is 2.54. The summed E-state index contributed by atoms with van der Waals surface area (Å²) in [4.78, 5) is 67.2. The Hall–Kier alpha value is -5.77. The van der Waals surface area contributed by atoms with Gasteiger partial charge in [-0.2, -0.15) is 8.42 Å². The Bertz CT molecular complexity index is 2590. The van der Waals surface area contributed by atoms with Gasteiger partial charge in [0.1, 0.15) is 11.8 Å². The standard InChI is InChI=1S/C47H59BF2N6O10S2/c1-33-30-36(53-39(33)32-40-35(12-11-29-68(62,63)64)31-41(42-14-10-28-67-42)54(40)48(53,49)50)20-17-34-18-21-37(22-19-34)65-27-9-15-43(57)52-38(13-6-8-26-56(2,3)4)47(61)51-25-7-5-16-46(60)66-55-44(58)23-24-45(55)59/h10,14,17-22,28,30-32,38H,5-9,11-13,15-16,23-27,29H2,1-4H3,(H2-,51,52,57,61,62,63,64)/p+1/b20-17+. The van der Waals surface area contributed by atoms with Crippen molar-refractivity contribution in [1.82, 2.24) is 20.2 Å². The number of ether oxygens (including phenoxy) is 1. The number of amides is 4. The van der Waals surface area contributed by atoms with Crippen LogP contribution in [0.2, 0.25) is 0 Å². The lowest BCUT2D eigenvalue weighted by Crippen LogP contribution is -2.51. The molecule has 5 heterocycles. The molecule has 3 aliphatic heterocycles. The van der Waals surface area contributed by atoms with Crippen LogP contribution in [0.3, 0.4) is 0 Å². The number of carbonyl (C=O) groups is 5. The van der Waals surface area contributed by atoms with E-state index in [1.54, 1.807) is 73.7 Å². The SMILES string of the molecule is Cc1cc(/C=C/c2ccc(OCCCC(=O)NC(CCCC[N+](C)(C)C)C(=O)NCCCCC(=O)ON3C(=O)CCC3=O)cc2)n2c1C=C1C(CCCS(=O)(=O)O)=CC(c3cccs3)=[N+]1[B-]2(F)F. The number of thiophene rings is 1. The van der Waals surface area contributed by atoms with E-state index in [1.807, 2.05) is 5.38 Å². The second-order valence-corrected chi connectivity index (χ2v) is 20.7. The smallest absolute Gasteiger partial charge is 0.494 e. The van der Waals surface area contributed by atoms with Gasteiger partial charge in [0.2, 0.25) is 11.8 Å². The zero-order valence-corrected chi connectivity index (χ0v) is 40.5. The number of imide groups is 1. The molecule has 21 heteroatoms. The topological polar surface area (TPSA) is 193 Å². The fraction of sp³-hybridized carbons (Fsp3) is 0.447. The van der Waals surface area contributed by atoms with Gasteiger partial charge < -0.3 is 42.3 Å². The van der Waals surface area contributed by atoms with Gasteiger partial charge in [0, 0.05) is 61.3 Å². The van der Waals surface area contributed by atoms with E-state index in [-0.39, 0.29) is 63.5 Å². The molecule has 6 rings (SSSR count). The van der Waals surface area contributed by atoms with Gasteiger partial charge in [-0.3, -0.25) is 23.7 Å². The van der Waals surface area contributed by atoms with E-state index in [1.165, 1.54) is 11.3 Å². The summed E-state index contributed by atoms with van der Waals surface area (Å²) < 4.78 is 74.6. The molecule has 366 valence electrons. The third kappa shape index (κ3) is 13.9. The number of quaternary nitrogens is 1. The van der Waals surface area contributed by atoms with E-state index < -0.39 is 46.7 Å². The number of nitrogens with zero attached hydrogens (tertiary/aromatic N) is 4. The highest BCUT2D eigenvalue weighted by Crippen LogP contribution is 2.40. The number of aromatic nitrogens is 1. The molecule has 1 unspecified atom stereocenters. The lowest BCUT2D eigenvalue weighted by molar-refractivity contribution is -0.870. The summed E-state index contributed by atoms with van der Waals surface area (Å²) in [7, 11) is 2.05. The molecule has 3 aromatic rings. The average Bonchev–Trinajstić information content (AvgIpc) is 4.07. The van der Waals surface area contributed by atoms with Crippen LogP contribution in [0.5, 0.6) is 5.75 Å². The number of halogens is 2. The van der Waals surface area contributed by atoms with Crippen LogP contribution in [0, 0.1) is 6.92 Å². The number of unbranched alkanes of at least 4 members (excludes halogenated alkanes) is 2. The summed E-state index contributed by atoms with van der Waals surface area (Å²) in [6.07, 6.45) is 10.4. The van der Waals surface area contributed by atoms with Crippen LogP contribution < -0.4 is 15.4 Å². The van der Waals surface area contributed by atoms with E-state index in [2.05, 4.69) is 31.8 Å². The van der Waals surface area contributed by atoms with Crippen molar-refractivity contribution in [2.75, 3.05) is 46.6 Å². The quantitative estimate of drug-likeness (QED) is 0.0293. The number of aryl methyl sites for hydroxylation is 1. The van der Waals surface area contributed by atoms with Crippen LogP contribution >= 0.6 is 11.3 Å². The van der Waals surface area contributed by atoms with Gasteiger partial charge in [0.05, 0.1) is 44.9 Å². The molecular formula is C47H60BF2N6O10S2+. The Morgan fingerprint density at radius 2 is 1.71 bits per heavy atom. The van der Waals surface area contributed by atoms with Crippen LogP contribution in [0.15, 0.2) is 65.2 Å². The summed E-state index contributed by atoms with van der Waals surface area (Å²) in [5.41, 5.74) is 3.26. The molecule has 68 heavy (non-hydrogen) atoms. The second kappa shape index (κ2) is 22.6. The predicted molar refractivity (Wildman–Crippen MR) is 256 cm³/mol. The zero-order chi connectivity index (χ0) is 49.2. The van der Waals surface area contributed by atoms with Gasteiger partial charge in [-0.05, 0) is 105 Å². The highest BCUT2D eigenvalue weighted by atomic mass is 32.2. The summed E-state index contributed by atoms with van der Waals surface area (Å²) in [6, 6.07) is 11.6. The lowest BCUT2D eigenvalue weighted by Gasteiger charge is -2.31. The molecule has 1 aromatic carbocycles. The van der Waals surface area contributed by atoms with Gasteiger partial charge in [-0.1, -0.05) is 24.3 Å². The van der Waals surface area contributed by atoms with Gasteiger partial charge in [0.15, 0.2) is 11.4 Å². The summed E-state index contributed by atoms with van der Waals surface area (Å²) in [6.45, 7) is -1.23. The van der Waals surface area contributed by atoms with E-state index in [0.29, 0.717) is 75.3 Å².